The first-order valence-electron chi connectivity index (χ1n) is 4.58. The minimum absolute atomic E-state index is 0.634. The summed E-state index contributed by atoms with van der Waals surface area (Å²) in [4.78, 5) is 0. The van der Waals surface area contributed by atoms with E-state index in [9.17, 15) is 0 Å². The Morgan fingerprint density at radius 2 is 1.91 bits per heavy atom. The second-order valence-corrected chi connectivity index (χ2v) is 3.42. The van der Waals surface area contributed by atoms with Crippen LogP contribution >= 0.6 is 0 Å². The number of hydrogen-bond acceptors (Lipinski definition) is 2. The van der Waals surface area contributed by atoms with E-state index in [0.29, 0.717) is 6.04 Å². The molecule has 0 aromatic carbocycles. The Morgan fingerprint density at radius 3 is 2.27 bits per heavy atom. The van der Waals surface area contributed by atoms with Crippen LogP contribution in [0.3, 0.4) is 0 Å². The van der Waals surface area contributed by atoms with Crippen LogP contribution in [0.5, 0.6) is 0 Å². The van der Waals surface area contributed by atoms with E-state index < -0.39 is 0 Å². The lowest BCUT2D eigenvalue weighted by Crippen LogP contribution is -2.37. The SMILES string of the molecule is CCNCC(CC(C)C)NC. The van der Waals surface area contributed by atoms with Crippen molar-refractivity contribution >= 4 is 0 Å². The summed E-state index contributed by atoms with van der Waals surface area (Å²) in [7, 11) is 2.03. The molecule has 11 heavy (non-hydrogen) atoms. The molecule has 2 nitrogen and oxygen atoms in total. The van der Waals surface area contributed by atoms with Crippen molar-refractivity contribution in [1.29, 1.82) is 0 Å². The van der Waals surface area contributed by atoms with Crippen molar-refractivity contribution in [3.8, 4) is 0 Å². The summed E-state index contributed by atoms with van der Waals surface area (Å²) in [6, 6.07) is 0.634. The van der Waals surface area contributed by atoms with Gasteiger partial charge in [-0.3, -0.25) is 0 Å². The van der Waals surface area contributed by atoms with Crippen molar-refractivity contribution in [3.05, 3.63) is 0 Å². The summed E-state index contributed by atoms with van der Waals surface area (Å²) in [6.07, 6.45) is 1.25. The topological polar surface area (TPSA) is 24.1 Å². The van der Waals surface area contributed by atoms with E-state index in [1.165, 1.54) is 6.42 Å². The van der Waals surface area contributed by atoms with Crippen LogP contribution in [0.1, 0.15) is 27.2 Å². The molecule has 1 unspecified atom stereocenters. The van der Waals surface area contributed by atoms with Gasteiger partial charge in [-0.1, -0.05) is 20.8 Å². The van der Waals surface area contributed by atoms with E-state index in [4.69, 9.17) is 0 Å². The lowest BCUT2D eigenvalue weighted by molar-refractivity contribution is 0.424. The molecule has 0 radical (unpaired) electrons. The standard InChI is InChI=1S/C9H22N2/c1-5-11-7-9(10-4)6-8(2)3/h8-11H,5-7H2,1-4H3. The minimum Gasteiger partial charge on any atom is -0.316 e. The number of nitrogens with one attached hydrogen (secondary N) is 2. The normalized spacial score (nSPS) is 13.9. The average Bonchev–Trinajstić information content (AvgIpc) is 1.97. The molecular formula is C9H22N2. The molecule has 0 aromatic heterocycles. The third-order valence-electron chi connectivity index (χ3n) is 1.80. The molecule has 0 spiro atoms. The van der Waals surface area contributed by atoms with Gasteiger partial charge in [-0.05, 0) is 25.9 Å². The highest BCUT2D eigenvalue weighted by molar-refractivity contribution is 4.68. The molecule has 0 aromatic rings. The fraction of sp³-hybridized carbons (Fsp3) is 1.00. The van der Waals surface area contributed by atoms with Crippen LogP contribution in [-0.2, 0) is 0 Å². The van der Waals surface area contributed by atoms with Gasteiger partial charge in [-0.15, -0.1) is 0 Å². The lowest BCUT2D eigenvalue weighted by atomic mass is 10.0. The van der Waals surface area contributed by atoms with E-state index >= 15 is 0 Å². The van der Waals surface area contributed by atoms with Crippen molar-refractivity contribution in [1.82, 2.24) is 10.6 Å². The van der Waals surface area contributed by atoms with E-state index in [1.54, 1.807) is 0 Å². The molecule has 0 amide bonds. The molecule has 2 N–H and O–H groups in total. The zero-order valence-corrected chi connectivity index (χ0v) is 8.28. The van der Waals surface area contributed by atoms with Gasteiger partial charge in [0.2, 0.25) is 0 Å². The monoisotopic (exact) mass is 158 g/mol. The summed E-state index contributed by atoms with van der Waals surface area (Å²) in [5.74, 6) is 0.783. The third-order valence-corrected chi connectivity index (χ3v) is 1.80. The zero-order chi connectivity index (χ0) is 8.69. The summed E-state index contributed by atoms with van der Waals surface area (Å²) in [6.45, 7) is 8.82. The highest BCUT2D eigenvalue weighted by Gasteiger charge is 2.06. The van der Waals surface area contributed by atoms with Crippen LogP contribution in [0.2, 0.25) is 0 Å². The summed E-state index contributed by atoms with van der Waals surface area (Å²) < 4.78 is 0. The van der Waals surface area contributed by atoms with Gasteiger partial charge in [0.1, 0.15) is 0 Å². The summed E-state index contributed by atoms with van der Waals surface area (Å²) in [5, 5.41) is 6.65. The average molecular weight is 158 g/mol. The first kappa shape index (κ1) is 10.9. The predicted molar refractivity (Wildman–Crippen MR) is 50.8 cm³/mol. The quantitative estimate of drug-likeness (QED) is 0.607. The highest BCUT2D eigenvalue weighted by atomic mass is 15.0. The van der Waals surface area contributed by atoms with Crippen LogP contribution in [0.25, 0.3) is 0 Å². The molecule has 0 saturated heterocycles. The second-order valence-electron chi connectivity index (χ2n) is 3.42. The van der Waals surface area contributed by atoms with Crippen molar-refractivity contribution in [2.45, 2.75) is 33.2 Å². The Hall–Kier alpha value is -0.0800. The Kier molecular flexibility index (Phi) is 6.57. The van der Waals surface area contributed by atoms with Crippen molar-refractivity contribution < 1.29 is 0 Å². The van der Waals surface area contributed by atoms with Gasteiger partial charge in [0.25, 0.3) is 0 Å². The maximum atomic E-state index is 3.34. The predicted octanol–water partition coefficient (Wildman–Crippen LogP) is 1.23. The molecule has 0 bridgehead atoms. The molecule has 1 atom stereocenters. The first-order chi connectivity index (χ1) is 5.20. The minimum atomic E-state index is 0.634. The first-order valence-corrected chi connectivity index (χ1v) is 4.58. The van der Waals surface area contributed by atoms with Crippen LogP contribution in [0.4, 0.5) is 0 Å². The van der Waals surface area contributed by atoms with Crippen LogP contribution in [0, 0.1) is 5.92 Å². The van der Waals surface area contributed by atoms with E-state index in [1.807, 2.05) is 7.05 Å². The molecule has 0 rings (SSSR count). The molecule has 0 aliphatic rings. The van der Waals surface area contributed by atoms with E-state index in [0.717, 1.165) is 19.0 Å². The molecule has 0 heterocycles. The molecule has 0 saturated carbocycles. The Morgan fingerprint density at radius 1 is 1.27 bits per heavy atom. The van der Waals surface area contributed by atoms with Gasteiger partial charge in [-0.25, -0.2) is 0 Å². The zero-order valence-electron chi connectivity index (χ0n) is 8.28. The van der Waals surface area contributed by atoms with Crippen LogP contribution in [-0.4, -0.2) is 26.2 Å². The summed E-state index contributed by atoms with van der Waals surface area (Å²) >= 11 is 0. The van der Waals surface area contributed by atoms with Crippen molar-refractivity contribution in [2.24, 2.45) is 5.92 Å². The Balaban J connectivity index is 3.41. The maximum Gasteiger partial charge on any atom is 0.0191 e. The Bertz CT molecular complexity index is 81.6. The van der Waals surface area contributed by atoms with Crippen molar-refractivity contribution in [3.63, 3.8) is 0 Å². The van der Waals surface area contributed by atoms with Crippen LogP contribution in [0.15, 0.2) is 0 Å². The largest absolute Gasteiger partial charge is 0.316 e. The summed E-state index contributed by atoms with van der Waals surface area (Å²) in [5.41, 5.74) is 0. The molecule has 0 fully saturated rings. The Labute approximate surface area is 70.8 Å². The lowest BCUT2D eigenvalue weighted by Gasteiger charge is -2.18. The van der Waals surface area contributed by atoms with Crippen molar-refractivity contribution in [2.75, 3.05) is 20.1 Å². The number of hydrogen-bond donors (Lipinski definition) is 2. The number of likely N-dealkylation sites (N-methyl/N-ethyl adjacent to an activating group) is 2. The fourth-order valence-corrected chi connectivity index (χ4v) is 1.19. The molecule has 2 heteroatoms. The van der Waals surface area contributed by atoms with Gasteiger partial charge < -0.3 is 10.6 Å². The van der Waals surface area contributed by atoms with Gasteiger partial charge >= 0.3 is 0 Å². The molecule has 0 aliphatic carbocycles. The second kappa shape index (κ2) is 6.62. The number of rotatable bonds is 6. The third kappa shape index (κ3) is 6.32. The molecule has 0 aliphatic heterocycles. The maximum absolute atomic E-state index is 3.34. The van der Waals surface area contributed by atoms with Gasteiger partial charge in [-0.2, -0.15) is 0 Å². The molecule has 68 valence electrons. The van der Waals surface area contributed by atoms with Gasteiger partial charge in [0.05, 0.1) is 0 Å². The van der Waals surface area contributed by atoms with Gasteiger partial charge in [0, 0.05) is 12.6 Å². The molecular weight excluding hydrogens is 136 g/mol. The van der Waals surface area contributed by atoms with E-state index in [-0.39, 0.29) is 0 Å². The fourth-order valence-electron chi connectivity index (χ4n) is 1.19. The van der Waals surface area contributed by atoms with Gasteiger partial charge in [0.15, 0.2) is 0 Å². The van der Waals surface area contributed by atoms with E-state index in [2.05, 4.69) is 31.4 Å². The smallest absolute Gasteiger partial charge is 0.0191 e. The van der Waals surface area contributed by atoms with Crippen LogP contribution < -0.4 is 10.6 Å². The highest BCUT2D eigenvalue weighted by Crippen LogP contribution is 2.02.